The zero-order chi connectivity index (χ0) is 14.0. The molecule has 1 heterocycles. The smallest absolute Gasteiger partial charge is 0.323 e. The van der Waals surface area contributed by atoms with Gasteiger partial charge in [0.05, 0.1) is 7.11 Å². The molecule has 19 heavy (non-hydrogen) atoms. The van der Waals surface area contributed by atoms with Crippen molar-refractivity contribution >= 4 is 21.9 Å². The molecule has 0 radical (unpaired) electrons. The molecule has 0 saturated carbocycles. The average Bonchev–Trinajstić information content (AvgIpc) is 2.73. The van der Waals surface area contributed by atoms with Crippen molar-refractivity contribution in [2.24, 2.45) is 0 Å². The fourth-order valence-electron chi connectivity index (χ4n) is 2.59. The molecule has 0 aromatic heterocycles. The molecule has 2 rings (SSSR count). The van der Waals surface area contributed by atoms with Crippen LogP contribution in [-0.4, -0.2) is 35.2 Å². The van der Waals surface area contributed by atoms with Gasteiger partial charge >= 0.3 is 5.97 Å². The van der Waals surface area contributed by atoms with Crippen molar-refractivity contribution in [1.29, 1.82) is 0 Å². The van der Waals surface area contributed by atoms with E-state index in [9.17, 15) is 9.90 Å². The maximum absolute atomic E-state index is 11.5. The number of carboxylic acids is 1. The summed E-state index contributed by atoms with van der Waals surface area (Å²) in [4.78, 5) is 13.5. The molecule has 1 unspecified atom stereocenters. The number of nitrogens with zero attached hydrogens (tertiary/aromatic N) is 1. The number of hydrogen-bond donors (Lipinski definition) is 1. The highest BCUT2D eigenvalue weighted by atomic mass is 79.9. The number of carboxylic acid groups (broad SMARTS) is 1. The number of aliphatic carboxylic acids is 1. The van der Waals surface area contributed by atoms with E-state index in [1.807, 2.05) is 23.1 Å². The normalized spacial score (nSPS) is 23.5. The summed E-state index contributed by atoms with van der Waals surface area (Å²) in [6, 6.07) is 5.80. The molecular formula is C14H18BrNO3. The van der Waals surface area contributed by atoms with Gasteiger partial charge in [0.2, 0.25) is 0 Å². The van der Waals surface area contributed by atoms with Gasteiger partial charge in [-0.2, -0.15) is 0 Å². The zero-order valence-corrected chi connectivity index (χ0v) is 12.7. The van der Waals surface area contributed by atoms with E-state index in [1.165, 1.54) is 0 Å². The summed E-state index contributed by atoms with van der Waals surface area (Å²) in [5.41, 5.74) is 0.235. The van der Waals surface area contributed by atoms with Crippen LogP contribution >= 0.6 is 15.9 Å². The van der Waals surface area contributed by atoms with Crippen molar-refractivity contribution in [3.8, 4) is 5.75 Å². The van der Waals surface area contributed by atoms with Crippen molar-refractivity contribution in [3.63, 3.8) is 0 Å². The molecule has 0 bridgehead atoms. The van der Waals surface area contributed by atoms with Gasteiger partial charge in [0.1, 0.15) is 11.3 Å². The molecule has 1 saturated heterocycles. The molecule has 0 aliphatic carbocycles. The molecule has 1 aromatic rings. The highest BCUT2D eigenvalue weighted by molar-refractivity contribution is 9.10. The van der Waals surface area contributed by atoms with Crippen LogP contribution in [0.15, 0.2) is 22.7 Å². The van der Waals surface area contributed by atoms with Crippen LogP contribution in [0.5, 0.6) is 5.75 Å². The summed E-state index contributed by atoms with van der Waals surface area (Å²) in [6.07, 6.45) is 1.61. The van der Waals surface area contributed by atoms with Crippen LogP contribution < -0.4 is 4.74 Å². The van der Waals surface area contributed by atoms with Gasteiger partial charge in [-0.25, -0.2) is 0 Å². The average molecular weight is 328 g/mol. The lowest BCUT2D eigenvalue weighted by atomic mass is 9.99. The number of rotatable bonds is 4. The second-order valence-corrected chi connectivity index (χ2v) is 5.98. The first-order chi connectivity index (χ1) is 8.97. The second kappa shape index (κ2) is 5.51. The summed E-state index contributed by atoms with van der Waals surface area (Å²) in [5, 5.41) is 9.42. The Balaban J connectivity index is 2.26. The minimum atomic E-state index is -0.771. The standard InChI is InChI=1S/C14H18BrNO3/c1-14(13(17)18)6-3-7-16(14)9-10-8-11(15)4-5-12(10)19-2/h4-5,8H,3,6-7,9H2,1-2H3,(H,17,18). The summed E-state index contributed by atoms with van der Waals surface area (Å²) >= 11 is 3.44. The Morgan fingerprint density at radius 2 is 2.32 bits per heavy atom. The number of halogens is 1. The minimum absolute atomic E-state index is 0.589. The first-order valence-electron chi connectivity index (χ1n) is 6.28. The topological polar surface area (TPSA) is 49.8 Å². The lowest BCUT2D eigenvalue weighted by Gasteiger charge is -2.31. The first-order valence-corrected chi connectivity index (χ1v) is 7.07. The van der Waals surface area contributed by atoms with Crippen LogP contribution in [0.25, 0.3) is 0 Å². The Bertz CT molecular complexity index is 492. The summed E-state index contributed by atoms with van der Waals surface area (Å²) < 4.78 is 6.32. The summed E-state index contributed by atoms with van der Waals surface area (Å²) in [6.45, 7) is 3.19. The Labute approximate surface area is 121 Å². The molecule has 0 spiro atoms. The summed E-state index contributed by atoms with van der Waals surface area (Å²) in [5.74, 6) is 0.0433. The van der Waals surface area contributed by atoms with E-state index < -0.39 is 11.5 Å². The molecule has 1 aliphatic rings. The monoisotopic (exact) mass is 327 g/mol. The van der Waals surface area contributed by atoms with Crippen LogP contribution in [0.2, 0.25) is 0 Å². The van der Waals surface area contributed by atoms with E-state index in [-0.39, 0.29) is 0 Å². The maximum atomic E-state index is 11.5. The predicted octanol–water partition coefficient (Wildman–Crippen LogP) is 2.90. The van der Waals surface area contributed by atoms with Crippen molar-refractivity contribution in [3.05, 3.63) is 28.2 Å². The van der Waals surface area contributed by atoms with E-state index in [0.29, 0.717) is 13.0 Å². The Kier molecular flexibility index (Phi) is 4.16. The molecule has 1 aromatic carbocycles. The molecular weight excluding hydrogens is 310 g/mol. The van der Waals surface area contributed by atoms with Gasteiger partial charge in [-0.1, -0.05) is 15.9 Å². The van der Waals surface area contributed by atoms with E-state index in [1.54, 1.807) is 14.0 Å². The van der Waals surface area contributed by atoms with Crippen molar-refractivity contribution in [2.75, 3.05) is 13.7 Å². The number of ether oxygens (including phenoxy) is 1. The largest absolute Gasteiger partial charge is 0.496 e. The van der Waals surface area contributed by atoms with Crippen molar-refractivity contribution in [1.82, 2.24) is 4.90 Å². The van der Waals surface area contributed by atoms with Gasteiger partial charge in [0, 0.05) is 16.6 Å². The fourth-order valence-corrected chi connectivity index (χ4v) is 3.00. The highest BCUT2D eigenvalue weighted by Gasteiger charge is 2.43. The Morgan fingerprint density at radius 1 is 1.58 bits per heavy atom. The van der Waals surface area contributed by atoms with Gasteiger partial charge in [-0.3, -0.25) is 9.69 Å². The number of benzene rings is 1. The van der Waals surface area contributed by atoms with Crippen LogP contribution in [0.3, 0.4) is 0 Å². The maximum Gasteiger partial charge on any atom is 0.323 e. The summed E-state index contributed by atoms with van der Waals surface area (Å²) in [7, 11) is 1.63. The first kappa shape index (κ1) is 14.3. The number of likely N-dealkylation sites (tertiary alicyclic amines) is 1. The van der Waals surface area contributed by atoms with Gasteiger partial charge in [0.25, 0.3) is 0 Å². The van der Waals surface area contributed by atoms with Gasteiger partial charge in [-0.15, -0.1) is 0 Å². The molecule has 104 valence electrons. The SMILES string of the molecule is COc1ccc(Br)cc1CN1CCCC1(C)C(=O)O. The lowest BCUT2D eigenvalue weighted by molar-refractivity contribution is -0.148. The van der Waals surface area contributed by atoms with E-state index in [4.69, 9.17) is 4.74 Å². The quantitative estimate of drug-likeness (QED) is 0.923. The third kappa shape index (κ3) is 2.77. The van der Waals surface area contributed by atoms with Gasteiger partial charge < -0.3 is 9.84 Å². The van der Waals surface area contributed by atoms with Gasteiger partial charge in [0.15, 0.2) is 0 Å². The van der Waals surface area contributed by atoms with Crippen LogP contribution in [0.4, 0.5) is 0 Å². The van der Waals surface area contributed by atoms with E-state index in [2.05, 4.69) is 15.9 Å². The highest BCUT2D eigenvalue weighted by Crippen LogP contribution is 2.33. The minimum Gasteiger partial charge on any atom is -0.496 e. The van der Waals surface area contributed by atoms with Crippen molar-refractivity contribution in [2.45, 2.75) is 31.8 Å². The molecule has 1 aliphatic heterocycles. The number of carbonyl (C=O) groups is 1. The third-order valence-corrected chi connectivity index (χ3v) is 4.35. The molecule has 0 amide bonds. The predicted molar refractivity (Wildman–Crippen MR) is 76.4 cm³/mol. The van der Waals surface area contributed by atoms with Crippen LogP contribution in [0.1, 0.15) is 25.3 Å². The molecule has 5 heteroatoms. The van der Waals surface area contributed by atoms with Crippen molar-refractivity contribution < 1.29 is 14.6 Å². The van der Waals surface area contributed by atoms with E-state index in [0.717, 1.165) is 28.8 Å². The molecule has 1 N–H and O–H groups in total. The number of methoxy groups -OCH3 is 1. The van der Waals surface area contributed by atoms with Crippen LogP contribution in [0, 0.1) is 0 Å². The fraction of sp³-hybridized carbons (Fsp3) is 0.500. The lowest BCUT2D eigenvalue weighted by Crippen LogP contribution is -2.47. The Hall–Kier alpha value is -1.07. The van der Waals surface area contributed by atoms with E-state index >= 15 is 0 Å². The second-order valence-electron chi connectivity index (χ2n) is 5.06. The Morgan fingerprint density at radius 3 is 2.95 bits per heavy atom. The number of hydrogen-bond acceptors (Lipinski definition) is 3. The molecule has 4 nitrogen and oxygen atoms in total. The van der Waals surface area contributed by atoms with Gasteiger partial charge in [-0.05, 0) is 44.5 Å². The zero-order valence-electron chi connectivity index (χ0n) is 11.1. The molecule has 1 atom stereocenters. The third-order valence-electron chi connectivity index (χ3n) is 3.85. The molecule has 1 fully saturated rings. The van der Waals surface area contributed by atoms with Crippen LogP contribution in [-0.2, 0) is 11.3 Å².